The third kappa shape index (κ3) is 2.97. The van der Waals surface area contributed by atoms with Gasteiger partial charge < -0.3 is 4.90 Å². The van der Waals surface area contributed by atoms with Crippen molar-refractivity contribution in [1.82, 2.24) is 0 Å². The second kappa shape index (κ2) is 5.07. The van der Waals surface area contributed by atoms with Crippen molar-refractivity contribution in [1.29, 1.82) is 0 Å². The van der Waals surface area contributed by atoms with Crippen LogP contribution in [-0.4, -0.2) is 18.0 Å². The van der Waals surface area contributed by atoms with Crippen LogP contribution in [0.4, 0.5) is 24.5 Å². The molecule has 0 aromatic heterocycles. The topological polar surface area (TPSA) is 46.4 Å². The number of alkyl halides is 3. The molecule has 1 aliphatic heterocycles. The summed E-state index contributed by atoms with van der Waals surface area (Å²) in [7, 11) is 0. The zero-order chi connectivity index (χ0) is 14.0. The number of halogens is 3. The molecule has 0 spiro atoms. The lowest BCUT2D eigenvalue weighted by Crippen LogP contribution is -2.31. The summed E-state index contributed by atoms with van der Waals surface area (Å²) in [6, 6.07) is 2.94. The van der Waals surface area contributed by atoms with Gasteiger partial charge in [-0.25, -0.2) is 0 Å². The van der Waals surface area contributed by atoms with Crippen LogP contribution >= 0.6 is 0 Å². The summed E-state index contributed by atoms with van der Waals surface area (Å²) in [6.07, 6.45) is -1.90. The van der Waals surface area contributed by atoms with Crippen LogP contribution in [0.15, 0.2) is 18.2 Å². The van der Waals surface area contributed by atoms with Crippen LogP contribution in [0.5, 0.6) is 0 Å². The van der Waals surface area contributed by atoms with Gasteiger partial charge in [-0.3, -0.25) is 10.1 Å². The molecule has 1 aromatic rings. The Morgan fingerprint density at radius 1 is 1.16 bits per heavy atom. The van der Waals surface area contributed by atoms with Crippen molar-refractivity contribution in [3.05, 3.63) is 33.9 Å². The number of benzene rings is 1. The monoisotopic (exact) mass is 274 g/mol. The molecule has 0 unspecified atom stereocenters. The summed E-state index contributed by atoms with van der Waals surface area (Å²) < 4.78 is 39.0. The van der Waals surface area contributed by atoms with Gasteiger partial charge in [0.25, 0.3) is 5.69 Å². The summed E-state index contributed by atoms with van der Waals surface area (Å²) in [5.74, 6) is 0. The Balaban J connectivity index is 2.44. The van der Waals surface area contributed by atoms with Crippen molar-refractivity contribution >= 4 is 11.4 Å². The van der Waals surface area contributed by atoms with Gasteiger partial charge in [-0.2, -0.15) is 13.2 Å². The molecule has 1 aromatic carbocycles. The van der Waals surface area contributed by atoms with Crippen molar-refractivity contribution in [3.8, 4) is 0 Å². The molecule has 1 aliphatic rings. The molecule has 7 heteroatoms. The Morgan fingerprint density at radius 2 is 1.79 bits per heavy atom. The first-order valence-electron chi connectivity index (χ1n) is 6.00. The molecule has 4 nitrogen and oxygen atoms in total. The van der Waals surface area contributed by atoms with E-state index < -0.39 is 22.4 Å². The van der Waals surface area contributed by atoms with Crippen molar-refractivity contribution in [2.75, 3.05) is 18.0 Å². The molecule has 0 atom stereocenters. The number of nitro benzene ring substituents is 1. The second-order valence-corrected chi connectivity index (χ2v) is 4.50. The van der Waals surface area contributed by atoms with E-state index in [2.05, 4.69) is 0 Å². The Bertz CT molecular complexity index is 482. The molecule has 0 N–H and O–H groups in total. The largest absolute Gasteiger partial charge is 0.418 e. The summed E-state index contributed by atoms with van der Waals surface area (Å²) in [6.45, 7) is 1.11. The molecule has 0 radical (unpaired) electrons. The maximum Gasteiger partial charge on any atom is 0.418 e. The van der Waals surface area contributed by atoms with E-state index in [1.54, 1.807) is 4.90 Å². The third-order valence-corrected chi connectivity index (χ3v) is 3.19. The first-order valence-corrected chi connectivity index (χ1v) is 6.00. The van der Waals surface area contributed by atoms with Gasteiger partial charge in [0, 0.05) is 30.9 Å². The number of hydrogen-bond donors (Lipinski definition) is 0. The highest BCUT2D eigenvalue weighted by molar-refractivity contribution is 5.59. The van der Waals surface area contributed by atoms with Crippen LogP contribution in [0.3, 0.4) is 0 Å². The molecule has 19 heavy (non-hydrogen) atoms. The number of nitrogens with zero attached hydrogens (tertiary/aromatic N) is 2. The molecule has 1 fully saturated rings. The van der Waals surface area contributed by atoms with Gasteiger partial charge in [0.1, 0.15) is 0 Å². The predicted octanol–water partition coefficient (Wildman–Crippen LogP) is 3.60. The molecule has 1 saturated heterocycles. The van der Waals surface area contributed by atoms with Crippen molar-refractivity contribution in [2.45, 2.75) is 25.4 Å². The first-order chi connectivity index (χ1) is 8.89. The van der Waals surface area contributed by atoms with E-state index in [0.29, 0.717) is 19.2 Å². The SMILES string of the molecule is O=[N+]([O-])c1ccc(N2CCCCC2)c(C(F)(F)F)c1. The fourth-order valence-electron chi connectivity index (χ4n) is 2.28. The summed E-state index contributed by atoms with van der Waals surface area (Å²) in [4.78, 5) is 11.4. The Kier molecular flexibility index (Phi) is 3.64. The van der Waals surface area contributed by atoms with E-state index in [4.69, 9.17) is 0 Å². The van der Waals surface area contributed by atoms with E-state index in [1.807, 2.05) is 0 Å². The normalized spacial score (nSPS) is 16.5. The smallest absolute Gasteiger partial charge is 0.371 e. The summed E-state index contributed by atoms with van der Waals surface area (Å²) >= 11 is 0. The van der Waals surface area contributed by atoms with Gasteiger partial charge in [-0.05, 0) is 25.3 Å². The van der Waals surface area contributed by atoms with Crippen LogP contribution in [0.25, 0.3) is 0 Å². The fourth-order valence-corrected chi connectivity index (χ4v) is 2.28. The summed E-state index contributed by atoms with van der Waals surface area (Å²) in [5.41, 5.74) is -1.42. The molecule has 0 saturated carbocycles. The van der Waals surface area contributed by atoms with Crippen molar-refractivity contribution < 1.29 is 18.1 Å². The zero-order valence-electron chi connectivity index (χ0n) is 10.1. The Labute approximate surface area is 108 Å². The molecule has 0 bridgehead atoms. The van der Waals surface area contributed by atoms with Gasteiger partial charge in [0.15, 0.2) is 0 Å². The van der Waals surface area contributed by atoms with E-state index in [9.17, 15) is 23.3 Å². The Morgan fingerprint density at radius 3 is 2.32 bits per heavy atom. The van der Waals surface area contributed by atoms with Crippen LogP contribution in [0, 0.1) is 10.1 Å². The fraction of sp³-hybridized carbons (Fsp3) is 0.500. The van der Waals surface area contributed by atoms with E-state index >= 15 is 0 Å². The minimum absolute atomic E-state index is 0.0396. The molecule has 0 amide bonds. The van der Waals surface area contributed by atoms with E-state index in [0.717, 1.165) is 25.3 Å². The van der Waals surface area contributed by atoms with E-state index in [1.165, 1.54) is 6.07 Å². The number of anilines is 1. The maximum atomic E-state index is 13.0. The van der Waals surface area contributed by atoms with Gasteiger partial charge >= 0.3 is 6.18 Å². The molecule has 104 valence electrons. The van der Waals surface area contributed by atoms with Crippen LogP contribution in [-0.2, 0) is 6.18 Å². The van der Waals surface area contributed by atoms with Crippen LogP contribution in [0.1, 0.15) is 24.8 Å². The minimum atomic E-state index is -4.58. The number of rotatable bonds is 2. The van der Waals surface area contributed by atoms with E-state index in [-0.39, 0.29) is 5.69 Å². The summed E-state index contributed by atoms with van der Waals surface area (Å²) in [5, 5.41) is 10.6. The molecular weight excluding hydrogens is 261 g/mol. The van der Waals surface area contributed by atoms with Crippen molar-refractivity contribution in [3.63, 3.8) is 0 Å². The quantitative estimate of drug-likeness (QED) is 0.611. The van der Waals surface area contributed by atoms with Crippen molar-refractivity contribution in [2.24, 2.45) is 0 Å². The second-order valence-electron chi connectivity index (χ2n) is 4.50. The molecule has 0 aliphatic carbocycles. The average Bonchev–Trinajstić information content (AvgIpc) is 2.38. The third-order valence-electron chi connectivity index (χ3n) is 3.19. The van der Waals surface area contributed by atoms with Gasteiger partial charge in [0.2, 0.25) is 0 Å². The highest BCUT2D eigenvalue weighted by Crippen LogP contribution is 2.39. The standard InChI is InChI=1S/C12H13F3N2O2/c13-12(14,15)10-8-9(17(18)19)4-5-11(10)16-6-2-1-3-7-16/h4-5,8H,1-3,6-7H2. The first kappa shape index (κ1) is 13.6. The van der Waals surface area contributed by atoms with Gasteiger partial charge in [-0.1, -0.05) is 0 Å². The van der Waals surface area contributed by atoms with Crippen LogP contribution < -0.4 is 4.90 Å². The number of nitro groups is 1. The zero-order valence-corrected chi connectivity index (χ0v) is 10.1. The number of hydrogen-bond acceptors (Lipinski definition) is 3. The minimum Gasteiger partial charge on any atom is -0.371 e. The molecule has 2 rings (SSSR count). The average molecular weight is 274 g/mol. The van der Waals surface area contributed by atoms with Gasteiger partial charge in [0.05, 0.1) is 10.5 Å². The lowest BCUT2D eigenvalue weighted by atomic mass is 10.1. The molecular formula is C12H13F3N2O2. The highest BCUT2D eigenvalue weighted by atomic mass is 19.4. The number of non-ortho nitro benzene ring substituents is 1. The molecule has 1 heterocycles. The highest BCUT2D eigenvalue weighted by Gasteiger charge is 2.36. The predicted molar refractivity (Wildman–Crippen MR) is 64.2 cm³/mol. The number of piperidine rings is 1. The lowest BCUT2D eigenvalue weighted by Gasteiger charge is -2.30. The van der Waals surface area contributed by atoms with Gasteiger partial charge in [-0.15, -0.1) is 0 Å². The van der Waals surface area contributed by atoms with Crippen LogP contribution in [0.2, 0.25) is 0 Å². The maximum absolute atomic E-state index is 13.0. The Hall–Kier alpha value is -1.79. The lowest BCUT2D eigenvalue weighted by molar-refractivity contribution is -0.385.